The molecule has 48 heavy (non-hydrogen) atoms. The summed E-state index contributed by atoms with van der Waals surface area (Å²) in [6, 6.07) is 31.7. The lowest BCUT2D eigenvalue weighted by Gasteiger charge is -2.44. The fourth-order valence-corrected chi connectivity index (χ4v) is 6.80. The van der Waals surface area contributed by atoms with E-state index in [9.17, 15) is 9.59 Å². The van der Waals surface area contributed by atoms with Crippen molar-refractivity contribution in [3.63, 3.8) is 0 Å². The summed E-state index contributed by atoms with van der Waals surface area (Å²) in [5.41, 5.74) is 11.2. The lowest BCUT2D eigenvalue weighted by molar-refractivity contribution is 0.0272. The van der Waals surface area contributed by atoms with E-state index in [0.717, 1.165) is 44.3 Å². The van der Waals surface area contributed by atoms with Crippen molar-refractivity contribution in [2.45, 2.75) is 53.6 Å². The summed E-state index contributed by atoms with van der Waals surface area (Å²) in [6.07, 6.45) is 0. The number of pyridine rings is 2. The summed E-state index contributed by atoms with van der Waals surface area (Å²) in [5.74, 6) is -0.0898. The standard InChI is InChI=1S/C42H40N4O2/c1-25-15-17-31(19-27(25)3)39-21-35(33-11-7-9-13-37(33)43-39)41(47)45-23-30(6)46(24-29(45)5)42(48)36-22-40(32-18-16-26(2)28(4)20-32)44-38-14-10-8-12-34(36)38/h7-22,29-30H,23-24H2,1-6H3/t29-,30-/m0/s1. The van der Waals surface area contributed by atoms with Crippen LogP contribution >= 0.6 is 0 Å². The van der Waals surface area contributed by atoms with Crippen LogP contribution < -0.4 is 0 Å². The van der Waals surface area contributed by atoms with Crippen LogP contribution in [0.25, 0.3) is 44.3 Å². The minimum atomic E-state index is -0.193. The predicted octanol–water partition coefficient (Wildman–Crippen LogP) is 8.73. The van der Waals surface area contributed by atoms with Gasteiger partial charge in [0.1, 0.15) is 0 Å². The summed E-state index contributed by atoms with van der Waals surface area (Å²) in [5, 5.41) is 1.66. The van der Waals surface area contributed by atoms with Crippen LogP contribution in [0.3, 0.4) is 0 Å². The maximum Gasteiger partial charge on any atom is 0.254 e. The SMILES string of the molecule is Cc1ccc(-c2cc(C(=O)N3C[C@H](C)N(C(=O)c4cc(-c5ccc(C)c(C)c5)nc5ccccc45)C[C@@H]3C)c3ccccc3n2)cc1C. The monoisotopic (exact) mass is 632 g/mol. The average Bonchev–Trinajstić information content (AvgIpc) is 3.09. The normalized spacial score (nSPS) is 16.5. The first-order valence-electron chi connectivity index (χ1n) is 16.7. The van der Waals surface area contributed by atoms with Gasteiger partial charge in [-0.2, -0.15) is 0 Å². The highest BCUT2D eigenvalue weighted by Crippen LogP contribution is 2.31. The van der Waals surface area contributed by atoms with Crippen LogP contribution in [0.15, 0.2) is 97.1 Å². The topological polar surface area (TPSA) is 66.4 Å². The summed E-state index contributed by atoms with van der Waals surface area (Å²) in [7, 11) is 0. The van der Waals surface area contributed by atoms with Crippen molar-refractivity contribution < 1.29 is 9.59 Å². The van der Waals surface area contributed by atoms with Gasteiger partial charge < -0.3 is 9.80 Å². The van der Waals surface area contributed by atoms with Crippen molar-refractivity contribution in [3.05, 3.63) is 130 Å². The molecule has 1 fully saturated rings. The Morgan fingerprint density at radius 3 is 1.33 bits per heavy atom. The molecule has 2 atom stereocenters. The number of piperazine rings is 1. The fourth-order valence-electron chi connectivity index (χ4n) is 6.80. The van der Waals surface area contributed by atoms with Gasteiger partial charge in [0, 0.05) is 47.1 Å². The first-order chi connectivity index (χ1) is 23.1. The summed E-state index contributed by atoms with van der Waals surface area (Å²) in [6.45, 7) is 13.3. The molecule has 1 aliphatic rings. The number of hydrogen-bond acceptors (Lipinski definition) is 4. The molecule has 0 spiro atoms. The Bertz CT molecular complexity index is 2080. The van der Waals surface area contributed by atoms with Crippen molar-refractivity contribution >= 4 is 33.6 Å². The highest BCUT2D eigenvalue weighted by atomic mass is 16.2. The molecule has 1 saturated heterocycles. The van der Waals surface area contributed by atoms with E-state index in [2.05, 4.69) is 64.1 Å². The summed E-state index contributed by atoms with van der Waals surface area (Å²) in [4.78, 5) is 42.6. The molecule has 0 aliphatic carbocycles. The third-order valence-corrected chi connectivity index (χ3v) is 10.0. The number of amides is 2. The van der Waals surface area contributed by atoms with E-state index in [1.165, 1.54) is 22.3 Å². The minimum Gasteiger partial charge on any atom is -0.332 e. The molecule has 6 aromatic rings. The van der Waals surface area contributed by atoms with Gasteiger partial charge in [0.2, 0.25) is 0 Å². The van der Waals surface area contributed by atoms with Gasteiger partial charge in [0.15, 0.2) is 0 Å². The zero-order valence-corrected chi connectivity index (χ0v) is 28.4. The van der Waals surface area contributed by atoms with E-state index in [-0.39, 0.29) is 23.9 Å². The van der Waals surface area contributed by atoms with Gasteiger partial charge in [0.05, 0.1) is 33.5 Å². The molecule has 240 valence electrons. The number of carbonyl (C=O) groups excluding carboxylic acids is 2. The molecular formula is C42H40N4O2. The number of benzene rings is 4. The molecule has 7 rings (SSSR count). The van der Waals surface area contributed by atoms with Crippen LogP contribution in [0.1, 0.15) is 56.8 Å². The number of rotatable bonds is 4. The smallest absolute Gasteiger partial charge is 0.254 e. The predicted molar refractivity (Wildman–Crippen MR) is 194 cm³/mol. The number of para-hydroxylation sites is 2. The molecule has 4 aromatic carbocycles. The molecule has 3 heterocycles. The van der Waals surface area contributed by atoms with Gasteiger partial charge in [-0.25, -0.2) is 9.97 Å². The van der Waals surface area contributed by atoms with Crippen LogP contribution in [-0.2, 0) is 0 Å². The number of aromatic nitrogens is 2. The average molecular weight is 633 g/mol. The molecule has 0 bridgehead atoms. The third-order valence-electron chi connectivity index (χ3n) is 10.0. The highest BCUT2D eigenvalue weighted by molar-refractivity contribution is 6.09. The number of nitrogens with zero attached hydrogens (tertiary/aromatic N) is 4. The van der Waals surface area contributed by atoms with Crippen LogP contribution in [0.5, 0.6) is 0 Å². The van der Waals surface area contributed by atoms with Crippen LogP contribution in [0.4, 0.5) is 0 Å². The van der Waals surface area contributed by atoms with Crippen molar-refractivity contribution in [1.82, 2.24) is 19.8 Å². The van der Waals surface area contributed by atoms with Crippen LogP contribution in [0, 0.1) is 27.7 Å². The van der Waals surface area contributed by atoms with Crippen LogP contribution in [-0.4, -0.2) is 56.8 Å². The third kappa shape index (κ3) is 5.62. The maximum atomic E-state index is 14.4. The van der Waals surface area contributed by atoms with E-state index < -0.39 is 0 Å². The second kappa shape index (κ2) is 12.3. The van der Waals surface area contributed by atoms with Gasteiger partial charge in [-0.05, 0) is 100 Å². The Balaban J connectivity index is 1.21. The summed E-state index contributed by atoms with van der Waals surface area (Å²) < 4.78 is 0. The van der Waals surface area contributed by atoms with Crippen molar-refractivity contribution in [2.24, 2.45) is 0 Å². The van der Waals surface area contributed by atoms with E-state index in [1.54, 1.807) is 0 Å². The minimum absolute atomic E-state index is 0.0449. The highest BCUT2D eigenvalue weighted by Gasteiger charge is 2.36. The van der Waals surface area contributed by atoms with Gasteiger partial charge in [-0.15, -0.1) is 0 Å². The lowest BCUT2D eigenvalue weighted by atomic mass is 9.98. The fraction of sp³-hybridized carbons (Fsp3) is 0.238. The molecule has 0 radical (unpaired) electrons. The summed E-state index contributed by atoms with van der Waals surface area (Å²) >= 11 is 0. The molecule has 2 amide bonds. The molecule has 1 aliphatic heterocycles. The molecule has 0 N–H and O–H groups in total. The second-order valence-electron chi connectivity index (χ2n) is 13.4. The van der Waals surface area contributed by atoms with Crippen molar-refractivity contribution in [2.75, 3.05) is 13.1 Å². The van der Waals surface area contributed by atoms with Crippen LogP contribution in [0.2, 0.25) is 0 Å². The van der Waals surface area contributed by atoms with E-state index in [1.807, 2.05) is 84.3 Å². The lowest BCUT2D eigenvalue weighted by Crippen LogP contribution is -2.59. The number of carbonyl (C=O) groups is 2. The molecule has 0 unspecified atom stereocenters. The van der Waals surface area contributed by atoms with Gasteiger partial charge in [0.25, 0.3) is 11.8 Å². The molecule has 6 nitrogen and oxygen atoms in total. The zero-order valence-electron chi connectivity index (χ0n) is 28.4. The Kier molecular flexibility index (Phi) is 8.04. The molecule has 0 saturated carbocycles. The first-order valence-corrected chi connectivity index (χ1v) is 16.7. The van der Waals surface area contributed by atoms with E-state index >= 15 is 0 Å². The molecule has 6 heteroatoms. The Morgan fingerprint density at radius 1 is 0.542 bits per heavy atom. The van der Waals surface area contributed by atoms with Gasteiger partial charge in [-0.1, -0.05) is 60.7 Å². The van der Waals surface area contributed by atoms with Gasteiger partial charge in [-0.3, -0.25) is 9.59 Å². The van der Waals surface area contributed by atoms with Gasteiger partial charge >= 0.3 is 0 Å². The van der Waals surface area contributed by atoms with Crippen molar-refractivity contribution in [1.29, 1.82) is 0 Å². The maximum absolute atomic E-state index is 14.4. The number of aryl methyl sites for hydroxylation is 4. The first kappa shape index (κ1) is 31.3. The number of fused-ring (bicyclic) bond motifs is 2. The molecular weight excluding hydrogens is 592 g/mol. The molecule has 2 aromatic heterocycles. The Labute approximate surface area is 282 Å². The Hall–Kier alpha value is -5.36. The Morgan fingerprint density at radius 2 is 0.938 bits per heavy atom. The zero-order chi connectivity index (χ0) is 33.7. The quantitative estimate of drug-likeness (QED) is 0.195. The second-order valence-corrected chi connectivity index (χ2v) is 13.4. The van der Waals surface area contributed by atoms with Crippen molar-refractivity contribution in [3.8, 4) is 22.5 Å². The largest absolute Gasteiger partial charge is 0.332 e. The van der Waals surface area contributed by atoms with E-state index in [0.29, 0.717) is 24.2 Å². The van der Waals surface area contributed by atoms with E-state index in [4.69, 9.17) is 9.97 Å². The number of hydrogen-bond donors (Lipinski definition) is 0.